The predicted octanol–water partition coefficient (Wildman–Crippen LogP) is 0.422. The van der Waals surface area contributed by atoms with Gasteiger partial charge in [-0.15, -0.1) is 11.3 Å². The van der Waals surface area contributed by atoms with Crippen LogP contribution in [-0.2, 0) is 22.6 Å². The Morgan fingerprint density at radius 1 is 1.35 bits per heavy atom. The summed E-state index contributed by atoms with van der Waals surface area (Å²) in [6, 6.07) is 9.97. The van der Waals surface area contributed by atoms with Crippen LogP contribution < -0.4 is 25.4 Å². The molecule has 2 N–H and O–H groups in total. The highest BCUT2D eigenvalue weighted by Gasteiger charge is 2.16. The van der Waals surface area contributed by atoms with Gasteiger partial charge >= 0.3 is 5.97 Å². The van der Waals surface area contributed by atoms with E-state index in [0.29, 0.717) is 15.7 Å². The molecule has 31 heavy (non-hydrogen) atoms. The number of benzene rings is 1. The van der Waals surface area contributed by atoms with Gasteiger partial charge in [-0.2, -0.15) is 5.26 Å². The lowest BCUT2D eigenvalue weighted by molar-refractivity contribution is -0.136. The third kappa shape index (κ3) is 5.61. The summed E-state index contributed by atoms with van der Waals surface area (Å²) in [5.41, 5.74) is 1.67. The van der Waals surface area contributed by atoms with Gasteiger partial charge < -0.3 is 15.4 Å². The summed E-state index contributed by atoms with van der Waals surface area (Å²) in [7, 11) is 0. The van der Waals surface area contributed by atoms with E-state index < -0.39 is 5.97 Å². The summed E-state index contributed by atoms with van der Waals surface area (Å²) < 4.78 is 7.12. The van der Waals surface area contributed by atoms with Crippen molar-refractivity contribution in [2.24, 2.45) is 0 Å². The monoisotopic (exact) mass is 441 g/mol. The number of thiazole rings is 1. The zero-order valence-corrected chi connectivity index (χ0v) is 18.6. The average Bonchev–Trinajstić information content (AvgIpc) is 3.09. The molecule has 0 bridgehead atoms. The minimum atomic E-state index is -0.714. The standard InChI is InChI=1S/C22H27N5O3S/c1-3-27-20(28)19(31-21(27)18(13-23)22(29)30-4-2)14-25-17-7-5-6-16(12-17)15-26-10-8-24-9-11-26/h5-7,12,14,24-25H,3-4,8-11,15H2,1-2H3/b19-14+,21-18-. The molecule has 2 aromatic rings. The molecule has 1 aromatic heterocycles. The molecular formula is C22H27N5O3S. The van der Waals surface area contributed by atoms with Crippen molar-refractivity contribution >= 4 is 34.8 Å². The average molecular weight is 442 g/mol. The fraction of sp³-hybridized carbons (Fsp3) is 0.409. The van der Waals surface area contributed by atoms with Gasteiger partial charge in [0.2, 0.25) is 0 Å². The van der Waals surface area contributed by atoms with E-state index in [4.69, 9.17) is 4.74 Å². The number of carbonyl (C=O) groups excluding carboxylic acids is 1. The Balaban J connectivity index is 1.89. The maximum absolute atomic E-state index is 12.8. The van der Waals surface area contributed by atoms with Crippen LogP contribution in [0.25, 0.3) is 11.8 Å². The first kappa shape index (κ1) is 22.7. The highest BCUT2D eigenvalue weighted by molar-refractivity contribution is 7.07. The topological polar surface area (TPSA) is 99.4 Å². The van der Waals surface area contributed by atoms with Gasteiger partial charge in [0.25, 0.3) is 5.56 Å². The zero-order valence-electron chi connectivity index (χ0n) is 17.8. The van der Waals surface area contributed by atoms with Crippen molar-refractivity contribution in [3.05, 3.63) is 49.4 Å². The number of rotatable bonds is 7. The minimum absolute atomic E-state index is 0.150. The summed E-state index contributed by atoms with van der Waals surface area (Å²) in [5.74, 6) is -0.714. The quantitative estimate of drug-likeness (QED) is 0.601. The van der Waals surface area contributed by atoms with Crippen molar-refractivity contribution < 1.29 is 9.53 Å². The van der Waals surface area contributed by atoms with Gasteiger partial charge in [0.15, 0.2) is 5.57 Å². The molecule has 0 amide bonds. The van der Waals surface area contributed by atoms with Crippen molar-refractivity contribution in [2.45, 2.75) is 26.9 Å². The molecule has 3 rings (SSSR count). The van der Waals surface area contributed by atoms with Crippen LogP contribution in [0, 0.1) is 11.3 Å². The smallest absolute Gasteiger partial charge is 0.351 e. The SMILES string of the molecule is CCOC(=O)/C(C#N)=c1\s/c(=C/Nc2cccc(CN3CCNCC3)c2)c(=O)n1CC. The first-order chi connectivity index (χ1) is 15.1. The number of nitrogens with zero attached hydrogens (tertiary/aromatic N) is 3. The molecule has 1 aromatic carbocycles. The number of nitriles is 1. The van der Waals surface area contributed by atoms with Crippen LogP contribution >= 0.6 is 11.3 Å². The maximum Gasteiger partial charge on any atom is 0.351 e. The molecule has 2 heterocycles. The van der Waals surface area contributed by atoms with E-state index >= 15 is 0 Å². The minimum Gasteiger partial charge on any atom is -0.462 e. The van der Waals surface area contributed by atoms with E-state index in [1.807, 2.05) is 18.2 Å². The Bertz CT molecular complexity index is 1140. The van der Waals surface area contributed by atoms with E-state index in [1.165, 1.54) is 10.1 Å². The molecule has 0 aliphatic carbocycles. The Morgan fingerprint density at radius 2 is 2.13 bits per heavy atom. The molecule has 0 saturated carbocycles. The van der Waals surface area contributed by atoms with Crippen LogP contribution in [0.15, 0.2) is 29.1 Å². The van der Waals surface area contributed by atoms with E-state index in [0.717, 1.165) is 49.7 Å². The highest BCUT2D eigenvalue weighted by Crippen LogP contribution is 2.13. The summed E-state index contributed by atoms with van der Waals surface area (Å²) in [4.78, 5) is 27.3. The number of aromatic nitrogens is 1. The maximum atomic E-state index is 12.8. The number of esters is 1. The number of hydrogen-bond donors (Lipinski definition) is 2. The van der Waals surface area contributed by atoms with Gasteiger partial charge in [0.1, 0.15) is 15.3 Å². The highest BCUT2D eigenvalue weighted by atomic mass is 32.1. The third-order valence-electron chi connectivity index (χ3n) is 4.94. The number of carbonyl (C=O) groups is 1. The molecular weight excluding hydrogens is 414 g/mol. The summed E-state index contributed by atoms with van der Waals surface area (Å²) in [5, 5.41) is 16.0. The van der Waals surface area contributed by atoms with Crippen LogP contribution in [0.3, 0.4) is 0 Å². The number of hydrogen-bond acceptors (Lipinski definition) is 8. The zero-order chi connectivity index (χ0) is 22.2. The fourth-order valence-electron chi connectivity index (χ4n) is 3.41. The second-order valence-corrected chi connectivity index (χ2v) is 8.07. The number of anilines is 1. The van der Waals surface area contributed by atoms with Crippen molar-refractivity contribution in [2.75, 3.05) is 38.1 Å². The normalized spacial score (nSPS) is 16.0. The van der Waals surface area contributed by atoms with Gasteiger partial charge in [-0.05, 0) is 31.5 Å². The predicted molar refractivity (Wildman–Crippen MR) is 122 cm³/mol. The van der Waals surface area contributed by atoms with Crippen molar-refractivity contribution in [3.8, 4) is 6.07 Å². The van der Waals surface area contributed by atoms with Crippen LogP contribution in [0.4, 0.5) is 5.69 Å². The molecule has 0 radical (unpaired) electrons. The molecule has 0 atom stereocenters. The first-order valence-electron chi connectivity index (χ1n) is 10.4. The molecule has 164 valence electrons. The summed E-state index contributed by atoms with van der Waals surface area (Å²) in [6.45, 7) is 8.92. The molecule has 1 fully saturated rings. The molecule has 9 heteroatoms. The molecule has 8 nitrogen and oxygen atoms in total. The van der Waals surface area contributed by atoms with E-state index in [1.54, 1.807) is 20.0 Å². The van der Waals surface area contributed by atoms with Crippen LogP contribution in [0.5, 0.6) is 0 Å². The number of ether oxygens (including phenoxy) is 1. The van der Waals surface area contributed by atoms with Gasteiger partial charge in [-0.25, -0.2) is 4.79 Å². The van der Waals surface area contributed by atoms with Crippen molar-refractivity contribution in [1.82, 2.24) is 14.8 Å². The second-order valence-electron chi connectivity index (χ2n) is 7.04. The van der Waals surface area contributed by atoms with Crippen LogP contribution in [-0.4, -0.2) is 48.2 Å². The van der Waals surface area contributed by atoms with Gasteiger partial charge in [0.05, 0.1) is 6.61 Å². The van der Waals surface area contributed by atoms with Crippen LogP contribution in [0.1, 0.15) is 19.4 Å². The molecule has 1 aliphatic rings. The molecule has 1 saturated heterocycles. The lowest BCUT2D eigenvalue weighted by atomic mass is 10.2. The van der Waals surface area contributed by atoms with E-state index in [2.05, 4.69) is 27.7 Å². The summed E-state index contributed by atoms with van der Waals surface area (Å²) in [6.07, 6.45) is 1.63. The summed E-state index contributed by atoms with van der Waals surface area (Å²) >= 11 is 1.11. The van der Waals surface area contributed by atoms with Gasteiger partial charge in [0, 0.05) is 51.2 Å². The second kappa shape index (κ2) is 10.9. The number of piperazine rings is 1. The molecule has 1 aliphatic heterocycles. The van der Waals surface area contributed by atoms with Crippen molar-refractivity contribution in [1.29, 1.82) is 5.26 Å². The fourth-order valence-corrected chi connectivity index (χ4v) is 4.49. The van der Waals surface area contributed by atoms with E-state index in [9.17, 15) is 14.9 Å². The van der Waals surface area contributed by atoms with E-state index in [-0.39, 0.29) is 17.7 Å². The molecule has 0 unspecified atom stereocenters. The molecule has 0 spiro atoms. The van der Waals surface area contributed by atoms with Crippen molar-refractivity contribution in [3.63, 3.8) is 0 Å². The van der Waals surface area contributed by atoms with Gasteiger partial charge in [-0.3, -0.25) is 14.3 Å². The number of nitrogens with one attached hydrogen (secondary N) is 2. The lowest BCUT2D eigenvalue weighted by Gasteiger charge is -2.27. The Kier molecular flexibility index (Phi) is 8.00. The third-order valence-corrected chi connectivity index (χ3v) is 6.07. The van der Waals surface area contributed by atoms with Gasteiger partial charge in [-0.1, -0.05) is 12.1 Å². The Hall–Kier alpha value is -2.93. The largest absolute Gasteiger partial charge is 0.462 e. The Morgan fingerprint density at radius 3 is 2.81 bits per heavy atom. The Labute approximate surface area is 185 Å². The van der Waals surface area contributed by atoms with Crippen LogP contribution in [0.2, 0.25) is 0 Å². The lowest BCUT2D eigenvalue weighted by Crippen LogP contribution is -2.42. The first-order valence-corrected chi connectivity index (χ1v) is 11.2.